The summed E-state index contributed by atoms with van der Waals surface area (Å²) in [5.41, 5.74) is 0.177. The topological polar surface area (TPSA) is 83.5 Å². The lowest BCUT2D eigenvalue weighted by Crippen LogP contribution is -2.38. The summed E-state index contributed by atoms with van der Waals surface area (Å²) < 4.78 is 38.9. The third-order valence-corrected chi connectivity index (χ3v) is 3.71. The van der Waals surface area contributed by atoms with E-state index in [0.29, 0.717) is 0 Å². The van der Waals surface area contributed by atoms with Gasteiger partial charge in [-0.15, -0.1) is 0 Å². The first-order chi connectivity index (χ1) is 7.75. The van der Waals surface area contributed by atoms with Gasteiger partial charge in [0.05, 0.1) is 0 Å². The molecule has 0 aliphatic carbocycles. The van der Waals surface area contributed by atoms with E-state index in [9.17, 15) is 17.6 Å². The largest absolute Gasteiger partial charge is 0.480 e. The van der Waals surface area contributed by atoms with Gasteiger partial charge in [-0.1, -0.05) is 12.1 Å². The molecule has 0 aliphatic heterocycles. The highest BCUT2D eigenvalue weighted by Crippen LogP contribution is 2.17. The Morgan fingerprint density at radius 1 is 1.47 bits per heavy atom. The van der Waals surface area contributed by atoms with Crippen LogP contribution in [-0.4, -0.2) is 25.5 Å². The van der Waals surface area contributed by atoms with E-state index in [1.807, 2.05) is 4.72 Å². The molecular formula is C10H12FNO4S. The van der Waals surface area contributed by atoms with E-state index in [1.165, 1.54) is 19.1 Å². The van der Waals surface area contributed by atoms with Gasteiger partial charge in [0.2, 0.25) is 10.0 Å². The highest BCUT2D eigenvalue weighted by atomic mass is 32.2. The first kappa shape index (κ1) is 13.6. The standard InChI is InChI=1S/C10H12FNO4S/c1-6-4-3-5-8(9(6)11)17(15,16)12-7(2)10(13)14/h3-5,7,12H,1-2H3,(H,13,14)/t7-/m1/s1. The minimum absolute atomic E-state index is 0.177. The van der Waals surface area contributed by atoms with E-state index < -0.39 is 32.7 Å². The molecule has 0 unspecified atom stereocenters. The van der Waals surface area contributed by atoms with Crippen LogP contribution in [-0.2, 0) is 14.8 Å². The SMILES string of the molecule is Cc1cccc(S(=O)(=O)N[C@H](C)C(=O)O)c1F. The molecule has 2 N–H and O–H groups in total. The summed E-state index contributed by atoms with van der Waals surface area (Å²) in [6.07, 6.45) is 0. The zero-order valence-corrected chi connectivity index (χ0v) is 10.1. The molecule has 1 aromatic rings. The molecule has 0 aliphatic rings. The van der Waals surface area contributed by atoms with Crippen molar-refractivity contribution in [2.75, 3.05) is 0 Å². The van der Waals surface area contributed by atoms with Gasteiger partial charge < -0.3 is 5.11 Å². The van der Waals surface area contributed by atoms with E-state index in [0.717, 1.165) is 13.0 Å². The predicted molar refractivity (Wildman–Crippen MR) is 58.6 cm³/mol. The Balaban J connectivity index is 3.14. The van der Waals surface area contributed by atoms with Gasteiger partial charge in [-0.3, -0.25) is 4.79 Å². The van der Waals surface area contributed by atoms with Crippen molar-refractivity contribution in [2.45, 2.75) is 24.8 Å². The highest BCUT2D eigenvalue weighted by molar-refractivity contribution is 7.89. The number of aryl methyl sites for hydroxylation is 1. The summed E-state index contributed by atoms with van der Waals surface area (Å²) in [7, 11) is -4.16. The maximum absolute atomic E-state index is 13.6. The Hall–Kier alpha value is -1.47. The number of hydrogen-bond donors (Lipinski definition) is 2. The Labute approximate surface area is 98.3 Å². The van der Waals surface area contributed by atoms with E-state index in [4.69, 9.17) is 5.11 Å². The van der Waals surface area contributed by atoms with Crippen LogP contribution >= 0.6 is 0 Å². The minimum atomic E-state index is -4.16. The summed E-state index contributed by atoms with van der Waals surface area (Å²) in [5.74, 6) is -2.21. The number of carbonyl (C=O) groups is 1. The maximum Gasteiger partial charge on any atom is 0.321 e. The van der Waals surface area contributed by atoms with Crippen molar-refractivity contribution in [3.05, 3.63) is 29.6 Å². The maximum atomic E-state index is 13.6. The molecule has 0 spiro atoms. The van der Waals surface area contributed by atoms with Crippen molar-refractivity contribution >= 4 is 16.0 Å². The van der Waals surface area contributed by atoms with Crippen LogP contribution in [0.4, 0.5) is 4.39 Å². The predicted octanol–water partition coefficient (Wildman–Crippen LogP) is 0.886. The molecule has 1 rings (SSSR count). The summed E-state index contributed by atoms with van der Waals surface area (Å²) >= 11 is 0. The van der Waals surface area contributed by atoms with Crippen LogP contribution in [0.15, 0.2) is 23.1 Å². The lowest BCUT2D eigenvalue weighted by atomic mass is 10.2. The number of benzene rings is 1. The number of carboxylic acid groups (broad SMARTS) is 1. The molecular weight excluding hydrogens is 249 g/mol. The lowest BCUT2D eigenvalue weighted by molar-refractivity contribution is -0.138. The number of nitrogens with one attached hydrogen (secondary N) is 1. The van der Waals surface area contributed by atoms with Gasteiger partial charge in [0, 0.05) is 0 Å². The van der Waals surface area contributed by atoms with Crippen LogP contribution in [0.2, 0.25) is 0 Å². The number of carboxylic acids is 1. The normalized spacial score (nSPS) is 13.4. The van der Waals surface area contributed by atoms with E-state index >= 15 is 0 Å². The van der Waals surface area contributed by atoms with Crippen LogP contribution in [0, 0.1) is 12.7 Å². The van der Waals surface area contributed by atoms with Crippen molar-refractivity contribution in [1.82, 2.24) is 4.72 Å². The second kappa shape index (κ2) is 4.80. The van der Waals surface area contributed by atoms with E-state index in [1.54, 1.807) is 0 Å². The lowest BCUT2D eigenvalue weighted by Gasteiger charge is -2.11. The summed E-state index contributed by atoms with van der Waals surface area (Å²) in [5, 5.41) is 8.60. The van der Waals surface area contributed by atoms with Crippen molar-refractivity contribution in [3.63, 3.8) is 0 Å². The smallest absolute Gasteiger partial charge is 0.321 e. The third-order valence-electron chi connectivity index (χ3n) is 2.15. The Kier molecular flexibility index (Phi) is 3.84. The number of halogens is 1. The zero-order chi connectivity index (χ0) is 13.2. The van der Waals surface area contributed by atoms with Crippen LogP contribution in [0.5, 0.6) is 0 Å². The molecule has 0 saturated carbocycles. The zero-order valence-electron chi connectivity index (χ0n) is 9.27. The second-order valence-electron chi connectivity index (χ2n) is 3.57. The first-order valence-electron chi connectivity index (χ1n) is 4.76. The molecule has 17 heavy (non-hydrogen) atoms. The van der Waals surface area contributed by atoms with E-state index in [2.05, 4.69) is 0 Å². The average Bonchev–Trinajstić information content (AvgIpc) is 2.21. The molecule has 1 aromatic carbocycles. The Morgan fingerprint density at radius 3 is 2.59 bits per heavy atom. The van der Waals surface area contributed by atoms with Gasteiger partial charge in [0.1, 0.15) is 16.8 Å². The molecule has 0 aromatic heterocycles. The van der Waals surface area contributed by atoms with Gasteiger partial charge >= 0.3 is 5.97 Å². The molecule has 0 saturated heterocycles. The summed E-state index contributed by atoms with van der Waals surface area (Å²) in [4.78, 5) is 9.99. The number of hydrogen-bond acceptors (Lipinski definition) is 3. The molecule has 0 bridgehead atoms. The second-order valence-corrected chi connectivity index (χ2v) is 5.25. The van der Waals surface area contributed by atoms with Crippen LogP contribution < -0.4 is 4.72 Å². The number of sulfonamides is 1. The van der Waals surface area contributed by atoms with Crippen molar-refractivity contribution in [3.8, 4) is 0 Å². The third kappa shape index (κ3) is 3.01. The van der Waals surface area contributed by atoms with Gasteiger partial charge in [-0.2, -0.15) is 4.72 Å². The van der Waals surface area contributed by atoms with Gasteiger partial charge in [-0.25, -0.2) is 12.8 Å². The first-order valence-corrected chi connectivity index (χ1v) is 6.24. The minimum Gasteiger partial charge on any atom is -0.480 e. The van der Waals surface area contributed by atoms with Crippen molar-refractivity contribution in [2.24, 2.45) is 0 Å². The number of rotatable bonds is 4. The Morgan fingerprint density at radius 2 is 2.06 bits per heavy atom. The fourth-order valence-electron chi connectivity index (χ4n) is 1.17. The van der Waals surface area contributed by atoms with Crippen LogP contribution in [0.3, 0.4) is 0 Å². The molecule has 94 valence electrons. The average molecular weight is 261 g/mol. The summed E-state index contributed by atoms with van der Waals surface area (Å²) in [6, 6.07) is 2.58. The fourth-order valence-corrected chi connectivity index (χ4v) is 2.52. The molecule has 0 heterocycles. The number of aliphatic carboxylic acids is 1. The fraction of sp³-hybridized carbons (Fsp3) is 0.300. The molecule has 1 atom stereocenters. The van der Waals surface area contributed by atoms with Gasteiger partial charge in [0.25, 0.3) is 0 Å². The highest BCUT2D eigenvalue weighted by Gasteiger charge is 2.24. The van der Waals surface area contributed by atoms with Crippen LogP contribution in [0.25, 0.3) is 0 Å². The summed E-state index contributed by atoms with van der Waals surface area (Å²) in [6.45, 7) is 2.59. The Bertz CT molecular complexity index is 541. The van der Waals surface area contributed by atoms with Crippen LogP contribution in [0.1, 0.15) is 12.5 Å². The monoisotopic (exact) mass is 261 g/mol. The van der Waals surface area contributed by atoms with Crippen molar-refractivity contribution < 1.29 is 22.7 Å². The molecule has 7 heteroatoms. The molecule has 0 amide bonds. The molecule has 0 fully saturated rings. The van der Waals surface area contributed by atoms with E-state index in [-0.39, 0.29) is 5.56 Å². The van der Waals surface area contributed by atoms with Gasteiger partial charge in [-0.05, 0) is 25.5 Å². The quantitative estimate of drug-likeness (QED) is 0.843. The van der Waals surface area contributed by atoms with Crippen molar-refractivity contribution in [1.29, 1.82) is 0 Å². The van der Waals surface area contributed by atoms with Gasteiger partial charge in [0.15, 0.2) is 0 Å². The molecule has 0 radical (unpaired) electrons. The molecule has 5 nitrogen and oxygen atoms in total.